The first kappa shape index (κ1) is 14.1. The topological polar surface area (TPSA) is 35.4 Å². The van der Waals surface area contributed by atoms with Crippen molar-refractivity contribution in [1.29, 1.82) is 0 Å². The van der Waals surface area contributed by atoms with E-state index in [4.69, 9.17) is 0 Å². The molecule has 0 unspecified atom stereocenters. The molecule has 2 nitrogen and oxygen atoms in total. The second-order valence-electron chi connectivity index (χ2n) is 4.50. The van der Waals surface area contributed by atoms with Crippen LogP contribution in [0.3, 0.4) is 0 Å². The van der Waals surface area contributed by atoms with Crippen LogP contribution >= 0.6 is 0 Å². The van der Waals surface area contributed by atoms with E-state index in [9.17, 15) is 13.3 Å². The van der Waals surface area contributed by atoms with Crippen molar-refractivity contribution in [2.75, 3.05) is 0 Å². The first-order chi connectivity index (χ1) is 7.82. The maximum atomic E-state index is 12.9. The van der Waals surface area contributed by atoms with Gasteiger partial charge in [0.25, 0.3) is 6.43 Å². The van der Waals surface area contributed by atoms with E-state index in [1.807, 2.05) is 0 Å². The molecule has 0 radical (unpaired) electrons. The number of rotatable bonds is 3. The quantitative estimate of drug-likeness (QED) is 0.606. The molecular formula is C12H15F2NOS. The number of halogens is 2. The molecule has 0 saturated carbocycles. The van der Waals surface area contributed by atoms with Crippen molar-refractivity contribution >= 4 is 17.1 Å². The second kappa shape index (κ2) is 5.60. The summed E-state index contributed by atoms with van der Waals surface area (Å²) in [5, 5.41) is 0. The van der Waals surface area contributed by atoms with Gasteiger partial charge >= 0.3 is 0 Å². The van der Waals surface area contributed by atoms with E-state index in [0.717, 1.165) is 0 Å². The van der Waals surface area contributed by atoms with Crippen LogP contribution in [0.2, 0.25) is 0 Å². The molecule has 0 aromatic heterocycles. The van der Waals surface area contributed by atoms with Crippen molar-refractivity contribution in [1.82, 2.24) is 0 Å². The molecule has 0 fully saturated rings. The van der Waals surface area contributed by atoms with Crippen LogP contribution < -0.4 is 0 Å². The van der Waals surface area contributed by atoms with Crippen LogP contribution in [0, 0.1) is 0 Å². The molecule has 1 rings (SSSR count). The number of alkyl halides is 2. The van der Waals surface area contributed by atoms with E-state index in [2.05, 4.69) is 4.40 Å². The number of hydrogen-bond acceptors (Lipinski definition) is 2. The van der Waals surface area contributed by atoms with Gasteiger partial charge in [0.1, 0.15) is 16.1 Å². The summed E-state index contributed by atoms with van der Waals surface area (Å²) in [6.07, 6.45) is -2.73. The Labute approximate surface area is 103 Å². The van der Waals surface area contributed by atoms with Crippen molar-refractivity contribution in [3.63, 3.8) is 0 Å². The van der Waals surface area contributed by atoms with E-state index in [-0.39, 0.29) is 0 Å². The maximum Gasteiger partial charge on any atom is 0.285 e. The highest BCUT2D eigenvalue weighted by atomic mass is 32.2. The number of hydrogen-bond donors (Lipinski definition) is 0. The first-order valence-electron chi connectivity index (χ1n) is 5.16. The lowest BCUT2D eigenvalue weighted by atomic mass is 10.1. The van der Waals surface area contributed by atoms with E-state index >= 15 is 0 Å². The van der Waals surface area contributed by atoms with E-state index in [0.29, 0.717) is 5.56 Å². The van der Waals surface area contributed by atoms with Crippen LogP contribution in [0.5, 0.6) is 0 Å². The summed E-state index contributed by atoms with van der Waals surface area (Å²) in [4.78, 5) is 0. The Bertz CT molecular complexity index is 387. The van der Waals surface area contributed by atoms with Crippen LogP contribution in [-0.2, 0) is 11.4 Å². The molecule has 0 aliphatic heterocycles. The molecule has 0 amide bonds. The smallest absolute Gasteiger partial charge is 0.285 e. The Morgan fingerprint density at radius 2 is 1.76 bits per heavy atom. The number of nitrogens with zero attached hydrogens (tertiary/aromatic N) is 1. The Morgan fingerprint density at radius 3 is 2.18 bits per heavy atom. The third kappa shape index (κ3) is 4.09. The van der Waals surface area contributed by atoms with Crippen molar-refractivity contribution in [3.8, 4) is 0 Å². The molecule has 1 aromatic carbocycles. The molecule has 0 N–H and O–H groups in total. The first-order valence-corrected chi connectivity index (χ1v) is 6.27. The largest absolute Gasteiger partial charge is 0.591 e. The summed E-state index contributed by atoms with van der Waals surface area (Å²) in [5.74, 6) is 0. The third-order valence-electron chi connectivity index (χ3n) is 1.98. The average molecular weight is 259 g/mol. The molecule has 0 heterocycles. The molecule has 0 aliphatic carbocycles. The Balaban J connectivity index is 3.07. The van der Waals surface area contributed by atoms with Crippen LogP contribution in [-0.4, -0.2) is 21.4 Å². The van der Waals surface area contributed by atoms with Gasteiger partial charge in [-0.3, -0.25) is 0 Å². The standard InChI is InChI=1S/C12H15F2NOS/c1-12(2,3)17(16)15-10(11(13)14)9-7-5-4-6-8-9/h4-8,11H,1-3H3/b15-10-/t17-/m1/s1. The second-order valence-corrected chi connectivity index (χ2v) is 6.41. The molecule has 5 heteroatoms. The van der Waals surface area contributed by atoms with Gasteiger partial charge in [-0.2, -0.15) is 0 Å². The molecule has 94 valence electrons. The summed E-state index contributed by atoms with van der Waals surface area (Å²) in [6.45, 7) is 5.09. The Hall–Kier alpha value is -0.940. The van der Waals surface area contributed by atoms with Gasteiger partial charge in [0.2, 0.25) is 0 Å². The summed E-state index contributed by atoms with van der Waals surface area (Å²) >= 11 is -1.68. The minimum absolute atomic E-state index is 0.306. The van der Waals surface area contributed by atoms with Crippen LogP contribution in [0.4, 0.5) is 8.78 Å². The zero-order valence-electron chi connectivity index (χ0n) is 9.98. The van der Waals surface area contributed by atoms with Crippen molar-refractivity contribution in [2.24, 2.45) is 4.40 Å². The molecular weight excluding hydrogens is 244 g/mol. The molecule has 17 heavy (non-hydrogen) atoms. The van der Waals surface area contributed by atoms with Crippen molar-refractivity contribution in [2.45, 2.75) is 31.9 Å². The van der Waals surface area contributed by atoms with Gasteiger partial charge in [-0.05, 0) is 20.8 Å². The minimum atomic E-state index is -2.73. The summed E-state index contributed by atoms with van der Waals surface area (Å²) in [7, 11) is 0. The fourth-order valence-electron chi connectivity index (χ4n) is 1.05. The summed E-state index contributed by atoms with van der Waals surface area (Å²) in [6, 6.07) is 8.09. The summed E-state index contributed by atoms with van der Waals surface area (Å²) < 4.78 is 40.5. The van der Waals surface area contributed by atoms with Gasteiger partial charge in [-0.15, -0.1) is 0 Å². The molecule has 1 aromatic rings. The highest BCUT2D eigenvalue weighted by molar-refractivity contribution is 7.91. The summed E-state index contributed by atoms with van der Waals surface area (Å²) in [5.41, 5.74) is -0.112. The van der Waals surface area contributed by atoms with E-state index in [1.54, 1.807) is 39.0 Å². The molecule has 0 saturated heterocycles. The lowest BCUT2D eigenvalue weighted by Gasteiger charge is -2.19. The van der Waals surface area contributed by atoms with Gasteiger partial charge in [0.15, 0.2) is 5.71 Å². The van der Waals surface area contributed by atoms with Gasteiger partial charge < -0.3 is 4.55 Å². The third-order valence-corrected chi connectivity index (χ3v) is 3.39. The van der Waals surface area contributed by atoms with Gasteiger partial charge in [-0.1, -0.05) is 34.7 Å². The van der Waals surface area contributed by atoms with Gasteiger partial charge in [0.05, 0.1) is 0 Å². The molecule has 0 bridgehead atoms. The SMILES string of the molecule is CC(C)(C)[S@@+]([O-])/N=C(/c1ccccc1)C(F)F. The predicted molar refractivity (Wildman–Crippen MR) is 66.9 cm³/mol. The molecule has 1 atom stereocenters. The predicted octanol–water partition coefficient (Wildman–Crippen LogP) is 3.20. The lowest BCUT2D eigenvalue weighted by Crippen LogP contribution is -2.28. The van der Waals surface area contributed by atoms with Crippen LogP contribution in [0.15, 0.2) is 34.7 Å². The fourth-order valence-corrected chi connectivity index (χ4v) is 1.69. The van der Waals surface area contributed by atoms with Gasteiger partial charge in [-0.25, -0.2) is 8.78 Å². The van der Waals surface area contributed by atoms with Crippen LogP contribution in [0.25, 0.3) is 0 Å². The van der Waals surface area contributed by atoms with Crippen molar-refractivity contribution < 1.29 is 13.3 Å². The van der Waals surface area contributed by atoms with E-state index in [1.165, 1.54) is 12.1 Å². The highest BCUT2D eigenvalue weighted by Gasteiger charge is 2.29. The maximum absolute atomic E-state index is 12.9. The Morgan fingerprint density at radius 1 is 1.24 bits per heavy atom. The van der Waals surface area contributed by atoms with Crippen LogP contribution in [0.1, 0.15) is 26.3 Å². The monoisotopic (exact) mass is 259 g/mol. The zero-order chi connectivity index (χ0) is 13.1. The molecule has 0 spiro atoms. The molecule has 0 aliphatic rings. The highest BCUT2D eigenvalue weighted by Crippen LogP contribution is 2.20. The zero-order valence-corrected chi connectivity index (χ0v) is 10.8. The Kier molecular flexibility index (Phi) is 4.65. The lowest BCUT2D eigenvalue weighted by molar-refractivity contribution is 0.226. The minimum Gasteiger partial charge on any atom is -0.591 e. The van der Waals surface area contributed by atoms with E-state index < -0.39 is 28.2 Å². The average Bonchev–Trinajstić information content (AvgIpc) is 2.25. The van der Waals surface area contributed by atoms with Gasteiger partial charge in [0, 0.05) is 5.56 Å². The normalized spacial score (nSPS) is 15.1. The van der Waals surface area contributed by atoms with Crippen molar-refractivity contribution in [3.05, 3.63) is 35.9 Å². The fraction of sp³-hybridized carbons (Fsp3) is 0.417. The number of benzene rings is 1.